The third-order valence-electron chi connectivity index (χ3n) is 4.86. The summed E-state index contributed by atoms with van der Waals surface area (Å²) in [7, 11) is 0. The number of nitrogen functional groups attached to an aromatic ring is 1. The van der Waals surface area contributed by atoms with Gasteiger partial charge in [0.25, 0.3) is 5.56 Å². The first-order valence-electron chi connectivity index (χ1n) is 9.84. The number of nitrogens with zero attached hydrogens (tertiary/aromatic N) is 2. The molecule has 4 N–H and O–H groups in total. The van der Waals surface area contributed by atoms with Crippen molar-refractivity contribution in [2.75, 3.05) is 30.3 Å². The van der Waals surface area contributed by atoms with E-state index in [4.69, 9.17) is 22.7 Å². The van der Waals surface area contributed by atoms with Crippen LogP contribution in [0, 0.1) is 0 Å². The maximum Gasteiger partial charge on any atom is 0.330 e. The van der Waals surface area contributed by atoms with Crippen LogP contribution in [0.2, 0.25) is 0 Å². The quantitative estimate of drug-likeness (QED) is 0.586. The summed E-state index contributed by atoms with van der Waals surface area (Å²) in [6, 6.07) is 9.46. The topological polar surface area (TPSA) is 105 Å². The maximum absolute atomic E-state index is 12.6. The van der Waals surface area contributed by atoms with E-state index >= 15 is 0 Å². The van der Waals surface area contributed by atoms with Gasteiger partial charge in [0.15, 0.2) is 10.8 Å². The lowest BCUT2D eigenvalue weighted by molar-refractivity contribution is 0.114. The average Bonchev–Trinajstić information content (AvgIpc) is 3.23. The molecule has 156 valence electrons. The predicted molar refractivity (Wildman–Crippen MR) is 118 cm³/mol. The third-order valence-corrected chi connectivity index (χ3v) is 5.23. The van der Waals surface area contributed by atoms with Crippen LogP contribution >= 0.6 is 12.2 Å². The van der Waals surface area contributed by atoms with Crippen molar-refractivity contribution in [2.24, 2.45) is 0 Å². The van der Waals surface area contributed by atoms with Gasteiger partial charge in [-0.3, -0.25) is 14.3 Å². The Kier molecular flexibility index (Phi) is 7.05. The van der Waals surface area contributed by atoms with Crippen molar-refractivity contribution in [3.8, 4) is 0 Å². The predicted octanol–water partition coefficient (Wildman–Crippen LogP) is 1.44. The van der Waals surface area contributed by atoms with Crippen molar-refractivity contribution in [1.29, 1.82) is 0 Å². The molecule has 0 spiro atoms. The molecule has 2 aromatic rings. The highest BCUT2D eigenvalue weighted by Crippen LogP contribution is 2.19. The van der Waals surface area contributed by atoms with Crippen LogP contribution in [-0.4, -0.2) is 40.5 Å². The number of benzene rings is 1. The number of nitrogens with one attached hydrogen (secondary N) is 2. The van der Waals surface area contributed by atoms with Gasteiger partial charge in [-0.2, -0.15) is 0 Å². The van der Waals surface area contributed by atoms with E-state index < -0.39 is 11.2 Å². The minimum Gasteiger partial charge on any atom is -0.383 e. The number of ether oxygens (including phenoxy) is 1. The van der Waals surface area contributed by atoms with Gasteiger partial charge in [0.1, 0.15) is 5.82 Å². The minimum atomic E-state index is -0.550. The van der Waals surface area contributed by atoms with Crippen LogP contribution in [0.25, 0.3) is 0 Å². The van der Waals surface area contributed by atoms with E-state index in [0.29, 0.717) is 18.2 Å². The second-order valence-electron chi connectivity index (χ2n) is 7.04. The lowest BCUT2D eigenvalue weighted by atomic mass is 10.2. The van der Waals surface area contributed by atoms with E-state index in [2.05, 4.69) is 10.3 Å². The van der Waals surface area contributed by atoms with Crippen LogP contribution in [0.5, 0.6) is 0 Å². The highest BCUT2D eigenvalue weighted by atomic mass is 32.1. The summed E-state index contributed by atoms with van der Waals surface area (Å²) in [5, 5.41) is 3.58. The summed E-state index contributed by atoms with van der Waals surface area (Å²) in [6.07, 6.45) is 2.88. The van der Waals surface area contributed by atoms with Gasteiger partial charge in [-0.25, -0.2) is 4.79 Å². The zero-order valence-electron chi connectivity index (χ0n) is 16.5. The first-order chi connectivity index (χ1) is 14.0. The van der Waals surface area contributed by atoms with E-state index in [1.54, 1.807) is 4.90 Å². The van der Waals surface area contributed by atoms with E-state index in [1.165, 1.54) is 4.57 Å². The number of hydrogen-bond donors (Lipinski definition) is 3. The largest absolute Gasteiger partial charge is 0.383 e. The monoisotopic (exact) mass is 417 g/mol. The molecule has 1 atom stereocenters. The highest BCUT2D eigenvalue weighted by Gasteiger charge is 2.23. The average molecular weight is 418 g/mol. The molecule has 8 nitrogen and oxygen atoms in total. The standard InChI is InChI=1S/C20H27N5O3S/c1-2-10-24(20(29)22-12-15-9-6-11-28-15)16-17(21)25(19(27)23-18(16)26)13-14-7-4-3-5-8-14/h3-5,7-8,15H,2,6,9-13,21H2,1H3,(H,22,29)(H,23,26,27)/t15-/m1/s1. The molecule has 1 aliphatic rings. The van der Waals surface area contributed by atoms with Gasteiger partial charge >= 0.3 is 5.69 Å². The van der Waals surface area contributed by atoms with Gasteiger partial charge in [-0.1, -0.05) is 37.3 Å². The molecule has 1 aliphatic heterocycles. The molecule has 3 rings (SSSR count). The van der Waals surface area contributed by atoms with Gasteiger partial charge in [0, 0.05) is 19.7 Å². The fourth-order valence-corrected chi connectivity index (χ4v) is 3.67. The van der Waals surface area contributed by atoms with E-state index in [1.807, 2.05) is 37.3 Å². The number of anilines is 2. The van der Waals surface area contributed by atoms with E-state index in [0.717, 1.165) is 31.4 Å². The Balaban J connectivity index is 1.90. The van der Waals surface area contributed by atoms with Crippen LogP contribution < -0.4 is 27.2 Å². The fourth-order valence-electron chi connectivity index (χ4n) is 3.40. The first-order valence-corrected chi connectivity index (χ1v) is 10.3. The van der Waals surface area contributed by atoms with Crippen LogP contribution in [0.3, 0.4) is 0 Å². The van der Waals surface area contributed by atoms with Crippen molar-refractivity contribution >= 4 is 28.8 Å². The lowest BCUT2D eigenvalue weighted by Gasteiger charge is -2.27. The second kappa shape index (κ2) is 9.71. The van der Waals surface area contributed by atoms with Gasteiger partial charge in [0.2, 0.25) is 0 Å². The molecule has 0 saturated carbocycles. The minimum absolute atomic E-state index is 0.0947. The molecule has 1 saturated heterocycles. The number of aromatic nitrogens is 2. The summed E-state index contributed by atoms with van der Waals surface area (Å²) >= 11 is 5.55. The molecule has 29 heavy (non-hydrogen) atoms. The number of aromatic amines is 1. The SMILES string of the molecule is CCCN(C(=S)NC[C@H]1CCCO1)c1c(N)n(Cc2ccccc2)c(=O)[nH]c1=O. The number of H-pyrrole nitrogens is 1. The molecule has 1 fully saturated rings. The highest BCUT2D eigenvalue weighted by molar-refractivity contribution is 7.80. The second-order valence-corrected chi connectivity index (χ2v) is 7.42. The summed E-state index contributed by atoms with van der Waals surface area (Å²) in [4.78, 5) is 29.1. The fraction of sp³-hybridized carbons (Fsp3) is 0.450. The Morgan fingerprint density at radius 3 is 2.79 bits per heavy atom. The molecule has 0 bridgehead atoms. The molecule has 0 amide bonds. The molecule has 9 heteroatoms. The summed E-state index contributed by atoms with van der Waals surface area (Å²) in [6.45, 7) is 4.06. The van der Waals surface area contributed by atoms with Crippen LogP contribution in [0.15, 0.2) is 39.9 Å². The molecule has 1 aromatic heterocycles. The number of hydrogen-bond acceptors (Lipinski definition) is 5. The van der Waals surface area contributed by atoms with Gasteiger partial charge < -0.3 is 20.7 Å². The molecule has 1 aromatic carbocycles. The normalized spacial score (nSPS) is 16.0. The molecular formula is C20H27N5O3S. The summed E-state index contributed by atoms with van der Waals surface area (Å²) < 4.78 is 6.98. The Labute approximate surface area is 174 Å². The summed E-state index contributed by atoms with van der Waals surface area (Å²) in [5.41, 5.74) is 6.30. The smallest absolute Gasteiger partial charge is 0.330 e. The van der Waals surface area contributed by atoms with Crippen molar-refractivity contribution in [2.45, 2.75) is 38.8 Å². The maximum atomic E-state index is 12.6. The van der Waals surface area contributed by atoms with E-state index in [9.17, 15) is 9.59 Å². The van der Waals surface area contributed by atoms with Crippen molar-refractivity contribution in [3.05, 3.63) is 56.7 Å². The summed E-state index contributed by atoms with van der Waals surface area (Å²) in [5.74, 6) is 0.0947. The zero-order chi connectivity index (χ0) is 20.8. The van der Waals surface area contributed by atoms with Gasteiger partial charge in [-0.15, -0.1) is 0 Å². The lowest BCUT2D eigenvalue weighted by Crippen LogP contribution is -2.47. The Hall–Kier alpha value is -2.65. The van der Waals surface area contributed by atoms with Gasteiger partial charge in [-0.05, 0) is 37.0 Å². The Bertz CT molecular complexity index is 951. The van der Waals surface area contributed by atoms with Gasteiger partial charge in [0.05, 0.1) is 12.6 Å². The van der Waals surface area contributed by atoms with Crippen LogP contribution in [0.4, 0.5) is 11.5 Å². The van der Waals surface area contributed by atoms with Crippen molar-refractivity contribution < 1.29 is 4.74 Å². The zero-order valence-corrected chi connectivity index (χ0v) is 17.3. The third kappa shape index (κ3) is 5.04. The van der Waals surface area contributed by atoms with Crippen LogP contribution in [0.1, 0.15) is 31.7 Å². The van der Waals surface area contributed by atoms with Crippen molar-refractivity contribution in [3.63, 3.8) is 0 Å². The van der Waals surface area contributed by atoms with Crippen molar-refractivity contribution in [1.82, 2.24) is 14.9 Å². The number of thiocarbonyl (C=S) groups is 1. The van der Waals surface area contributed by atoms with E-state index in [-0.39, 0.29) is 24.2 Å². The first kappa shape index (κ1) is 21.1. The number of rotatable bonds is 7. The Morgan fingerprint density at radius 1 is 1.38 bits per heavy atom. The van der Waals surface area contributed by atoms with Crippen LogP contribution in [-0.2, 0) is 11.3 Å². The molecular weight excluding hydrogens is 390 g/mol. The molecule has 0 unspecified atom stereocenters. The molecule has 0 radical (unpaired) electrons. The molecule has 0 aliphatic carbocycles. The molecule has 2 heterocycles. The Morgan fingerprint density at radius 2 is 2.14 bits per heavy atom. The number of nitrogens with two attached hydrogens (primary N) is 1.